The van der Waals surface area contributed by atoms with Crippen molar-refractivity contribution in [3.63, 3.8) is 0 Å². The minimum absolute atomic E-state index is 0.303. The average molecular weight is 284 g/mol. The largest absolute Gasteiger partial charge is 0.489 e. The SMILES string of the molecule is CCn1cc(COc2cccc(F)c2)c2c(N)cccc21. The number of nitrogens with two attached hydrogens (primary N) is 1. The van der Waals surface area contributed by atoms with Gasteiger partial charge in [0, 0.05) is 35.4 Å². The number of halogens is 1. The van der Waals surface area contributed by atoms with Gasteiger partial charge in [-0.05, 0) is 31.2 Å². The second-order valence-electron chi connectivity index (χ2n) is 4.93. The van der Waals surface area contributed by atoms with Crippen LogP contribution in [0.4, 0.5) is 10.1 Å². The second kappa shape index (κ2) is 5.48. The number of anilines is 1. The van der Waals surface area contributed by atoms with E-state index in [1.54, 1.807) is 12.1 Å². The zero-order valence-corrected chi connectivity index (χ0v) is 11.8. The van der Waals surface area contributed by atoms with E-state index >= 15 is 0 Å². The van der Waals surface area contributed by atoms with Crippen molar-refractivity contribution in [1.82, 2.24) is 4.57 Å². The minimum Gasteiger partial charge on any atom is -0.489 e. The lowest BCUT2D eigenvalue weighted by Gasteiger charge is -2.06. The average Bonchev–Trinajstić information content (AvgIpc) is 2.85. The van der Waals surface area contributed by atoms with Gasteiger partial charge in [-0.15, -0.1) is 0 Å². The van der Waals surface area contributed by atoms with Gasteiger partial charge in [0.25, 0.3) is 0 Å². The van der Waals surface area contributed by atoms with E-state index in [9.17, 15) is 4.39 Å². The number of hydrogen-bond acceptors (Lipinski definition) is 2. The fraction of sp³-hybridized carbons (Fsp3) is 0.176. The van der Waals surface area contributed by atoms with Gasteiger partial charge in [-0.2, -0.15) is 0 Å². The Bertz CT molecular complexity index is 780. The molecule has 0 amide bonds. The Morgan fingerprint density at radius 2 is 2.00 bits per heavy atom. The molecule has 108 valence electrons. The highest BCUT2D eigenvalue weighted by atomic mass is 19.1. The monoisotopic (exact) mass is 284 g/mol. The molecule has 0 radical (unpaired) electrons. The van der Waals surface area contributed by atoms with Crippen molar-refractivity contribution in [2.24, 2.45) is 0 Å². The summed E-state index contributed by atoms with van der Waals surface area (Å²) in [6.45, 7) is 3.31. The number of nitrogens with zero attached hydrogens (tertiary/aromatic N) is 1. The molecule has 0 aliphatic rings. The summed E-state index contributed by atoms with van der Waals surface area (Å²) in [5, 5.41) is 1.01. The van der Waals surface area contributed by atoms with Gasteiger partial charge in [0.1, 0.15) is 18.2 Å². The smallest absolute Gasteiger partial charge is 0.126 e. The van der Waals surface area contributed by atoms with Gasteiger partial charge in [-0.3, -0.25) is 0 Å². The van der Waals surface area contributed by atoms with Gasteiger partial charge < -0.3 is 15.0 Å². The maximum Gasteiger partial charge on any atom is 0.126 e. The van der Waals surface area contributed by atoms with Crippen LogP contribution in [0.25, 0.3) is 10.9 Å². The summed E-state index contributed by atoms with van der Waals surface area (Å²) in [6, 6.07) is 12.0. The highest BCUT2D eigenvalue weighted by Gasteiger charge is 2.11. The van der Waals surface area contributed by atoms with Crippen LogP contribution in [0.5, 0.6) is 5.75 Å². The molecule has 21 heavy (non-hydrogen) atoms. The summed E-state index contributed by atoms with van der Waals surface area (Å²) in [4.78, 5) is 0. The molecular formula is C17H17FN2O. The van der Waals surface area contributed by atoms with E-state index in [0.29, 0.717) is 12.4 Å². The van der Waals surface area contributed by atoms with Gasteiger partial charge in [0.2, 0.25) is 0 Å². The summed E-state index contributed by atoms with van der Waals surface area (Å²) in [7, 11) is 0. The number of aromatic nitrogens is 1. The first-order chi connectivity index (χ1) is 10.2. The summed E-state index contributed by atoms with van der Waals surface area (Å²) in [5.74, 6) is 0.213. The number of fused-ring (bicyclic) bond motifs is 1. The Hall–Kier alpha value is -2.49. The molecule has 3 nitrogen and oxygen atoms in total. The molecule has 0 saturated heterocycles. The first-order valence-corrected chi connectivity index (χ1v) is 6.93. The Morgan fingerprint density at radius 1 is 1.19 bits per heavy atom. The van der Waals surface area contributed by atoms with Crippen LogP contribution in [0, 0.1) is 5.82 Å². The Labute approximate surface area is 122 Å². The standard InChI is InChI=1S/C17H17FN2O/c1-2-20-10-12(17-15(19)7-4-8-16(17)20)11-21-14-6-3-5-13(18)9-14/h3-10H,2,11,19H2,1H3. The molecular weight excluding hydrogens is 267 g/mol. The third kappa shape index (κ3) is 2.57. The van der Waals surface area contributed by atoms with E-state index in [1.807, 2.05) is 24.4 Å². The molecule has 3 aromatic rings. The molecule has 2 N–H and O–H groups in total. The zero-order chi connectivity index (χ0) is 14.8. The molecule has 2 aromatic carbocycles. The van der Waals surface area contributed by atoms with Crippen LogP contribution in [-0.2, 0) is 13.2 Å². The zero-order valence-electron chi connectivity index (χ0n) is 11.8. The lowest BCUT2D eigenvalue weighted by Crippen LogP contribution is -1.96. The van der Waals surface area contributed by atoms with Gasteiger partial charge in [0.15, 0.2) is 0 Å². The predicted molar refractivity (Wildman–Crippen MR) is 82.8 cm³/mol. The third-order valence-corrected chi connectivity index (χ3v) is 3.55. The lowest BCUT2D eigenvalue weighted by molar-refractivity contribution is 0.305. The number of rotatable bonds is 4. The van der Waals surface area contributed by atoms with E-state index in [-0.39, 0.29) is 5.82 Å². The first-order valence-electron chi connectivity index (χ1n) is 6.93. The van der Waals surface area contributed by atoms with Gasteiger partial charge >= 0.3 is 0 Å². The summed E-state index contributed by atoms with van der Waals surface area (Å²) in [6.07, 6.45) is 2.04. The molecule has 4 heteroatoms. The van der Waals surface area contributed by atoms with Crippen molar-refractivity contribution in [3.8, 4) is 5.75 Å². The maximum absolute atomic E-state index is 13.2. The fourth-order valence-corrected chi connectivity index (χ4v) is 2.56. The molecule has 0 aliphatic carbocycles. The molecule has 0 unspecified atom stereocenters. The molecule has 0 atom stereocenters. The van der Waals surface area contributed by atoms with Crippen LogP contribution in [0.15, 0.2) is 48.7 Å². The highest BCUT2D eigenvalue weighted by molar-refractivity contribution is 5.94. The fourth-order valence-electron chi connectivity index (χ4n) is 2.56. The van der Waals surface area contributed by atoms with Crippen LogP contribution >= 0.6 is 0 Å². The quantitative estimate of drug-likeness (QED) is 0.737. The van der Waals surface area contributed by atoms with Crippen molar-refractivity contribution in [3.05, 3.63) is 60.0 Å². The van der Waals surface area contributed by atoms with E-state index in [0.717, 1.165) is 28.7 Å². The number of hydrogen-bond donors (Lipinski definition) is 1. The summed E-state index contributed by atoms with van der Waals surface area (Å²) in [5.41, 5.74) is 8.92. The van der Waals surface area contributed by atoms with Gasteiger partial charge in [-0.1, -0.05) is 12.1 Å². The molecule has 0 fully saturated rings. The van der Waals surface area contributed by atoms with Crippen molar-refractivity contribution in [2.75, 3.05) is 5.73 Å². The van der Waals surface area contributed by atoms with Crippen LogP contribution in [-0.4, -0.2) is 4.57 Å². The predicted octanol–water partition coefficient (Wildman–Crippen LogP) is 3.96. The molecule has 0 bridgehead atoms. The number of benzene rings is 2. The Balaban J connectivity index is 1.94. The number of ether oxygens (including phenoxy) is 1. The van der Waals surface area contributed by atoms with Crippen molar-refractivity contribution >= 4 is 16.6 Å². The Morgan fingerprint density at radius 3 is 2.76 bits per heavy atom. The van der Waals surface area contributed by atoms with E-state index in [4.69, 9.17) is 10.5 Å². The number of nitrogen functional groups attached to an aromatic ring is 1. The normalized spacial score (nSPS) is 11.0. The maximum atomic E-state index is 13.2. The van der Waals surface area contributed by atoms with Crippen molar-refractivity contribution < 1.29 is 9.13 Å². The first kappa shape index (κ1) is 13.5. The highest BCUT2D eigenvalue weighted by Crippen LogP contribution is 2.28. The third-order valence-electron chi connectivity index (χ3n) is 3.55. The number of aryl methyl sites for hydroxylation is 1. The molecule has 0 aliphatic heterocycles. The van der Waals surface area contributed by atoms with Gasteiger partial charge in [0.05, 0.1) is 5.52 Å². The molecule has 1 aromatic heterocycles. The van der Waals surface area contributed by atoms with Crippen LogP contribution in [0.1, 0.15) is 12.5 Å². The van der Waals surface area contributed by atoms with E-state index in [1.165, 1.54) is 12.1 Å². The minimum atomic E-state index is -0.303. The van der Waals surface area contributed by atoms with Crippen LogP contribution in [0.3, 0.4) is 0 Å². The topological polar surface area (TPSA) is 40.2 Å². The van der Waals surface area contributed by atoms with Gasteiger partial charge in [-0.25, -0.2) is 4.39 Å². The summed E-state index contributed by atoms with van der Waals surface area (Å²) < 4.78 is 21.0. The van der Waals surface area contributed by atoms with E-state index in [2.05, 4.69) is 11.5 Å². The lowest BCUT2D eigenvalue weighted by atomic mass is 10.1. The van der Waals surface area contributed by atoms with Crippen molar-refractivity contribution in [2.45, 2.75) is 20.1 Å². The van der Waals surface area contributed by atoms with E-state index < -0.39 is 0 Å². The molecule has 1 heterocycles. The van der Waals surface area contributed by atoms with Crippen molar-refractivity contribution in [1.29, 1.82) is 0 Å². The van der Waals surface area contributed by atoms with Crippen LogP contribution in [0.2, 0.25) is 0 Å². The van der Waals surface area contributed by atoms with Crippen LogP contribution < -0.4 is 10.5 Å². The Kier molecular flexibility index (Phi) is 3.52. The molecule has 3 rings (SSSR count). The molecule has 0 saturated carbocycles. The summed E-state index contributed by atoms with van der Waals surface area (Å²) >= 11 is 0. The second-order valence-corrected chi connectivity index (χ2v) is 4.93. The molecule has 0 spiro atoms.